The third-order valence-corrected chi connectivity index (χ3v) is 3.29. The Kier molecular flexibility index (Phi) is 3.97. The van der Waals surface area contributed by atoms with Crippen LogP contribution in [0, 0.1) is 0 Å². The number of carboxylic acids is 1. The average molecular weight is 247 g/mol. The van der Waals surface area contributed by atoms with E-state index in [0.717, 1.165) is 18.4 Å². The maximum Gasteiger partial charge on any atom is 0.326 e. The van der Waals surface area contributed by atoms with Gasteiger partial charge in [0.2, 0.25) is 5.91 Å². The summed E-state index contributed by atoms with van der Waals surface area (Å²) in [6.07, 6.45) is 2.61. The number of piperidine rings is 1. The van der Waals surface area contributed by atoms with E-state index in [0.29, 0.717) is 19.4 Å². The van der Waals surface area contributed by atoms with Crippen LogP contribution >= 0.6 is 0 Å². The lowest BCUT2D eigenvalue weighted by Crippen LogP contribution is -2.48. The highest BCUT2D eigenvalue weighted by Crippen LogP contribution is 2.17. The van der Waals surface area contributed by atoms with Gasteiger partial charge in [-0.2, -0.15) is 0 Å². The molecule has 96 valence electrons. The highest BCUT2D eigenvalue weighted by molar-refractivity contribution is 5.84. The van der Waals surface area contributed by atoms with Crippen LogP contribution in [0.1, 0.15) is 24.8 Å². The summed E-state index contributed by atoms with van der Waals surface area (Å²) >= 11 is 0. The number of carbonyl (C=O) groups excluding carboxylic acids is 1. The highest BCUT2D eigenvalue weighted by atomic mass is 16.4. The summed E-state index contributed by atoms with van der Waals surface area (Å²) in [6.45, 7) is 0.558. The fourth-order valence-corrected chi connectivity index (χ4v) is 2.32. The van der Waals surface area contributed by atoms with E-state index in [2.05, 4.69) is 0 Å². The van der Waals surface area contributed by atoms with Crippen molar-refractivity contribution in [3.63, 3.8) is 0 Å². The fourth-order valence-electron chi connectivity index (χ4n) is 2.32. The predicted octanol–water partition coefficient (Wildman–Crippen LogP) is 1.69. The van der Waals surface area contributed by atoms with E-state index in [1.54, 1.807) is 0 Å². The Balaban J connectivity index is 2.13. The van der Waals surface area contributed by atoms with Gasteiger partial charge in [0.1, 0.15) is 6.04 Å². The minimum absolute atomic E-state index is 0.0374. The molecule has 0 radical (unpaired) electrons. The Morgan fingerprint density at radius 3 is 2.61 bits per heavy atom. The van der Waals surface area contributed by atoms with Crippen LogP contribution < -0.4 is 0 Å². The zero-order chi connectivity index (χ0) is 13.0. The summed E-state index contributed by atoms with van der Waals surface area (Å²) in [5.74, 6) is -0.960. The zero-order valence-electron chi connectivity index (χ0n) is 10.2. The van der Waals surface area contributed by atoms with Gasteiger partial charge in [-0.1, -0.05) is 30.3 Å². The molecule has 1 N–H and O–H groups in total. The quantitative estimate of drug-likeness (QED) is 0.881. The summed E-state index contributed by atoms with van der Waals surface area (Å²) < 4.78 is 0. The molecule has 0 spiro atoms. The lowest BCUT2D eigenvalue weighted by molar-refractivity contribution is -0.151. The third kappa shape index (κ3) is 2.88. The van der Waals surface area contributed by atoms with Gasteiger partial charge in [-0.25, -0.2) is 4.79 Å². The van der Waals surface area contributed by atoms with E-state index < -0.39 is 12.0 Å². The molecule has 1 aliphatic rings. The first kappa shape index (κ1) is 12.6. The highest BCUT2D eigenvalue weighted by Gasteiger charge is 2.31. The van der Waals surface area contributed by atoms with Crippen molar-refractivity contribution in [2.75, 3.05) is 6.54 Å². The Morgan fingerprint density at radius 1 is 1.28 bits per heavy atom. The molecule has 1 aromatic carbocycles. The van der Waals surface area contributed by atoms with Crippen molar-refractivity contribution < 1.29 is 14.7 Å². The summed E-state index contributed by atoms with van der Waals surface area (Å²) in [6, 6.07) is 8.71. The number of hydrogen-bond acceptors (Lipinski definition) is 2. The van der Waals surface area contributed by atoms with Crippen molar-refractivity contribution in [1.82, 2.24) is 4.90 Å². The van der Waals surface area contributed by atoms with Crippen LogP contribution in [0.3, 0.4) is 0 Å². The van der Waals surface area contributed by atoms with Crippen LogP contribution in [-0.2, 0) is 16.0 Å². The maximum absolute atomic E-state index is 11.8. The van der Waals surface area contributed by atoms with E-state index in [1.165, 1.54) is 4.90 Å². The number of hydrogen-bond donors (Lipinski definition) is 1. The second-order valence-electron chi connectivity index (χ2n) is 4.59. The van der Waals surface area contributed by atoms with Gasteiger partial charge >= 0.3 is 5.97 Å². The molecule has 0 bridgehead atoms. The molecule has 4 heteroatoms. The van der Waals surface area contributed by atoms with E-state index in [1.807, 2.05) is 30.3 Å². The minimum atomic E-state index is -0.922. The number of rotatable bonds is 4. The van der Waals surface area contributed by atoms with E-state index in [9.17, 15) is 14.7 Å². The van der Waals surface area contributed by atoms with Gasteiger partial charge in [0.25, 0.3) is 0 Å². The molecule has 1 aliphatic heterocycles. The number of nitrogens with zero attached hydrogens (tertiary/aromatic N) is 1. The first-order chi connectivity index (χ1) is 8.68. The zero-order valence-corrected chi connectivity index (χ0v) is 10.2. The second-order valence-corrected chi connectivity index (χ2v) is 4.59. The van der Waals surface area contributed by atoms with Gasteiger partial charge < -0.3 is 10.0 Å². The number of likely N-dealkylation sites (tertiary alicyclic amines) is 1. The average Bonchev–Trinajstić information content (AvgIpc) is 2.38. The van der Waals surface area contributed by atoms with Crippen molar-refractivity contribution in [3.05, 3.63) is 35.9 Å². The molecule has 18 heavy (non-hydrogen) atoms. The molecule has 1 fully saturated rings. The molecule has 0 aliphatic carbocycles. The lowest BCUT2D eigenvalue weighted by atomic mass is 10.0. The van der Waals surface area contributed by atoms with Gasteiger partial charge in [-0.05, 0) is 18.4 Å². The van der Waals surface area contributed by atoms with Crippen LogP contribution in [-0.4, -0.2) is 34.5 Å². The SMILES string of the molecule is O=C(O)C(Cc1ccccc1)N1CCCCC1=O. The monoisotopic (exact) mass is 247 g/mol. The molecule has 1 amide bonds. The van der Waals surface area contributed by atoms with Crippen molar-refractivity contribution in [2.24, 2.45) is 0 Å². The van der Waals surface area contributed by atoms with Crippen molar-refractivity contribution in [2.45, 2.75) is 31.7 Å². The van der Waals surface area contributed by atoms with Gasteiger partial charge in [-0.15, -0.1) is 0 Å². The van der Waals surface area contributed by atoms with Crippen molar-refractivity contribution >= 4 is 11.9 Å². The van der Waals surface area contributed by atoms with Gasteiger partial charge in [-0.3, -0.25) is 4.79 Å². The van der Waals surface area contributed by atoms with Crippen LogP contribution in [0.15, 0.2) is 30.3 Å². The molecule has 1 unspecified atom stereocenters. The second kappa shape index (κ2) is 5.67. The maximum atomic E-state index is 11.8. The molecule has 0 aromatic heterocycles. The smallest absolute Gasteiger partial charge is 0.326 e. The number of carboxylic acid groups (broad SMARTS) is 1. The Hall–Kier alpha value is -1.84. The van der Waals surface area contributed by atoms with Crippen LogP contribution in [0.5, 0.6) is 0 Å². The topological polar surface area (TPSA) is 57.6 Å². The molecular formula is C14H17NO3. The first-order valence-electron chi connectivity index (χ1n) is 6.24. The summed E-state index contributed by atoms with van der Waals surface area (Å²) in [7, 11) is 0. The summed E-state index contributed by atoms with van der Waals surface area (Å²) in [4.78, 5) is 24.7. The normalized spacial score (nSPS) is 17.6. The number of amides is 1. The fraction of sp³-hybridized carbons (Fsp3) is 0.429. The standard InChI is InChI=1S/C14H17NO3/c16-13-8-4-5-9-15(13)12(14(17)18)10-11-6-2-1-3-7-11/h1-3,6-7,12H,4-5,8-10H2,(H,17,18). The molecule has 4 nitrogen and oxygen atoms in total. The lowest BCUT2D eigenvalue weighted by Gasteiger charge is -2.32. The number of aliphatic carboxylic acids is 1. The molecule has 1 atom stereocenters. The van der Waals surface area contributed by atoms with Crippen molar-refractivity contribution in [3.8, 4) is 0 Å². The summed E-state index contributed by atoms with van der Waals surface area (Å²) in [5.41, 5.74) is 0.947. The molecule has 0 saturated carbocycles. The van der Waals surface area contributed by atoms with Crippen LogP contribution in [0.4, 0.5) is 0 Å². The molecule has 2 rings (SSSR count). The Bertz CT molecular complexity index is 430. The first-order valence-corrected chi connectivity index (χ1v) is 6.24. The molecular weight excluding hydrogens is 230 g/mol. The number of carbonyl (C=O) groups is 2. The molecule has 1 heterocycles. The van der Waals surface area contributed by atoms with Crippen LogP contribution in [0.2, 0.25) is 0 Å². The Morgan fingerprint density at radius 2 is 2.00 bits per heavy atom. The molecule has 1 aromatic rings. The van der Waals surface area contributed by atoms with Crippen molar-refractivity contribution in [1.29, 1.82) is 0 Å². The van der Waals surface area contributed by atoms with Gasteiger partial charge in [0.15, 0.2) is 0 Å². The largest absolute Gasteiger partial charge is 0.480 e. The Labute approximate surface area is 106 Å². The van der Waals surface area contributed by atoms with E-state index >= 15 is 0 Å². The van der Waals surface area contributed by atoms with Gasteiger partial charge in [0.05, 0.1) is 0 Å². The molecule has 1 saturated heterocycles. The predicted molar refractivity (Wildman–Crippen MR) is 67.1 cm³/mol. The minimum Gasteiger partial charge on any atom is -0.480 e. The summed E-state index contributed by atoms with van der Waals surface area (Å²) in [5, 5.41) is 9.31. The van der Waals surface area contributed by atoms with Crippen LogP contribution in [0.25, 0.3) is 0 Å². The van der Waals surface area contributed by atoms with E-state index in [-0.39, 0.29) is 5.91 Å². The third-order valence-electron chi connectivity index (χ3n) is 3.29. The van der Waals surface area contributed by atoms with E-state index in [4.69, 9.17) is 0 Å². The number of benzene rings is 1. The van der Waals surface area contributed by atoms with Gasteiger partial charge in [0, 0.05) is 19.4 Å².